The van der Waals surface area contributed by atoms with Crippen molar-refractivity contribution in [3.05, 3.63) is 65.5 Å². The van der Waals surface area contributed by atoms with E-state index in [4.69, 9.17) is 0 Å². The van der Waals surface area contributed by atoms with Crippen molar-refractivity contribution in [2.45, 2.75) is 38.9 Å². The quantitative estimate of drug-likeness (QED) is 0.380. The van der Waals surface area contributed by atoms with Crippen molar-refractivity contribution in [3.8, 4) is 0 Å². The predicted molar refractivity (Wildman–Crippen MR) is 122 cm³/mol. The predicted octanol–water partition coefficient (Wildman–Crippen LogP) is 3.20. The van der Waals surface area contributed by atoms with E-state index in [0.717, 1.165) is 44.1 Å². The summed E-state index contributed by atoms with van der Waals surface area (Å²) in [6, 6.07) is 15.2. The molecule has 146 valence electrons. The van der Waals surface area contributed by atoms with Crippen LogP contribution in [-0.2, 0) is 19.5 Å². The fourth-order valence-corrected chi connectivity index (χ4v) is 3.47. The van der Waals surface area contributed by atoms with Crippen LogP contribution in [0.2, 0.25) is 0 Å². The molecule has 1 atom stereocenters. The maximum Gasteiger partial charge on any atom is 0.191 e. The summed E-state index contributed by atoms with van der Waals surface area (Å²) in [4.78, 5) is 11.3. The zero-order chi connectivity index (χ0) is 18.2. The molecule has 1 aromatic carbocycles. The summed E-state index contributed by atoms with van der Waals surface area (Å²) in [5, 5.41) is 6.82. The first-order valence-electron chi connectivity index (χ1n) is 9.45. The fraction of sp³-hybridized carbons (Fsp3) is 0.429. The van der Waals surface area contributed by atoms with Gasteiger partial charge in [-0.15, -0.1) is 24.0 Å². The zero-order valence-electron chi connectivity index (χ0n) is 16.2. The van der Waals surface area contributed by atoms with Crippen LogP contribution in [0.4, 0.5) is 0 Å². The molecule has 1 unspecified atom stereocenters. The number of rotatable bonds is 6. The number of halogens is 1. The standard InChI is InChI=1S/C21H29N5.HI/c1-3-20(26-13-11-17-8-4-5-9-18(17)16-26)15-25-21(22-2)24-14-19-10-6-7-12-23-19;/h4-10,12,20H,3,11,13-16H2,1-2H3,(H2,22,24,25);1H. The van der Waals surface area contributed by atoms with Gasteiger partial charge < -0.3 is 10.6 Å². The zero-order valence-corrected chi connectivity index (χ0v) is 18.5. The van der Waals surface area contributed by atoms with Crippen molar-refractivity contribution in [2.24, 2.45) is 4.99 Å². The summed E-state index contributed by atoms with van der Waals surface area (Å²) in [6.45, 7) is 5.99. The number of nitrogens with zero attached hydrogens (tertiary/aromatic N) is 3. The van der Waals surface area contributed by atoms with Crippen LogP contribution in [0.1, 0.15) is 30.2 Å². The van der Waals surface area contributed by atoms with Gasteiger partial charge in [0, 0.05) is 38.9 Å². The van der Waals surface area contributed by atoms with Gasteiger partial charge in [0.15, 0.2) is 5.96 Å². The Morgan fingerprint density at radius 3 is 2.63 bits per heavy atom. The minimum Gasteiger partial charge on any atom is -0.355 e. The van der Waals surface area contributed by atoms with Gasteiger partial charge in [-0.3, -0.25) is 14.9 Å². The van der Waals surface area contributed by atoms with E-state index in [1.807, 2.05) is 31.4 Å². The Balaban J connectivity index is 0.00000261. The molecule has 2 aromatic rings. The van der Waals surface area contributed by atoms with E-state index in [1.165, 1.54) is 11.1 Å². The van der Waals surface area contributed by atoms with E-state index in [9.17, 15) is 0 Å². The van der Waals surface area contributed by atoms with Crippen LogP contribution in [0.25, 0.3) is 0 Å². The number of aliphatic imine (C=N–C) groups is 1. The summed E-state index contributed by atoms with van der Waals surface area (Å²) in [5.41, 5.74) is 3.98. The lowest BCUT2D eigenvalue weighted by Crippen LogP contribution is -2.48. The van der Waals surface area contributed by atoms with Gasteiger partial charge in [-0.2, -0.15) is 0 Å². The number of nitrogens with one attached hydrogen (secondary N) is 2. The van der Waals surface area contributed by atoms with Gasteiger partial charge in [-0.05, 0) is 36.1 Å². The van der Waals surface area contributed by atoms with Crippen LogP contribution in [0.15, 0.2) is 53.7 Å². The summed E-state index contributed by atoms with van der Waals surface area (Å²) < 4.78 is 0. The van der Waals surface area contributed by atoms with Crippen molar-refractivity contribution >= 4 is 29.9 Å². The fourth-order valence-electron chi connectivity index (χ4n) is 3.47. The molecule has 0 aliphatic carbocycles. The topological polar surface area (TPSA) is 52.6 Å². The summed E-state index contributed by atoms with van der Waals surface area (Å²) in [6.07, 6.45) is 4.07. The summed E-state index contributed by atoms with van der Waals surface area (Å²) >= 11 is 0. The van der Waals surface area contributed by atoms with Crippen LogP contribution in [0.3, 0.4) is 0 Å². The highest BCUT2D eigenvalue weighted by Crippen LogP contribution is 2.21. The molecule has 27 heavy (non-hydrogen) atoms. The Labute approximate surface area is 179 Å². The molecule has 0 spiro atoms. The van der Waals surface area contributed by atoms with Crippen LogP contribution in [0.5, 0.6) is 0 Å². The first-order valence-corrected chi connectivity index (χ1v) is 9.45. The van der Waals surface area contributed by atoms with Gasteiger partial charge >= 0.3 is 0 Å². The average molecular weight is 479 g/mol. The van der Waals surface area contributed by atoms with Crippen molar-refractivity contribution in [3.63, 3.8) is 0 Å². The second-order valence-electron chi connectivity index (χ2n) is 6.68. The first-order chi connectivity index (χ1) is 12.8. The molecular weight excluding hydrogens is 449 g/mol. The third-order valence-electron chi connectivity index (χ3n) is 5.04. The van der Waals surface area contributed by atoms with E-state index in [2.05, 4.69) is 56.7 Å². The molecular formula is C21H30IN5. The van der Waals surface area contributed by atoms with Crippen molar-refractivity contribution in [2.75, 3.05) is 20.1 Å². The van der Waals surface area contributed by atoms with Gasteiger partial charge in [0.1, 0.15) is 0 Å². The van der Waals surface area contributed by atoms with Crippen LogP contribution >= 0.6 is 24.0 Å². The normalized spacial score (nSPS) is 15.4. The molecule has 6 heteroatoms. The van der Waals surface area contributed by atoms with E-state index in [-0.39, 0.29) is 24.0 Å². The van der Waals surface area contributed by atoms with Crippen molar-refractivity contribution in [1.29, 1.82) is 0 Å². The molecule has 0 saturated heterocycles. The number of hydrogen-bond donors (Lipinski definition) is 2. The Morgan fingerprint density at radius 1 is 1.15 bits per heavy atom. The molecule has 3 rings (SSSR count). The number of pyridine rings is 1. The smallest absolute Gasteiger partial charge is 0.191 e. The molecule has 0 radical (unpaired) electrons. The maximum absolute atomic E-state index is 4.34. The van der Waals surface area contributed by atoms with Crippen molar-refractivity contribution < 1.29 is 0 Å². The third-order valence-corrected chi connectivity index (χ3v) is 5.04. The van der Waals surface area contributed by atoms with Crippen molar-refractivity contribution in [1.82, 2.24) is 20.5 Å². The highest BCUT2D eigenvalue weighted by molar-refractivity contribution is 14.0. The van der Waals surface area contributed by atoms with Gasteiger partial charge in [0.25, 0.3) is 0 Å². The average Bonchev–Trinajstić information content (AvgIpc) is 2.71. The van der Waals surface area contributed by atoms with E-state index < -0.39 is 0 Å². The molecule has 2 heterocycles. The molecule has 0 saturated carbocycles. The molecule has 2 N–H and O–H groups in total. The first kappa shape index (κ1) is 21.6. The highest BCUT2D eigenvalue weighted by atomic mass is 127. The second-order valence-corrected chi connectivity index (χ2v) is 6.68. The van der Waals surface area contributed by atoms with Crippen LogP contribution in [0, 0.1) is 0 Å². The van der Waals surface area contributed by atoms with Crippen LogP contribution < -0.4 is 10.6 Å². The second kappa shape index (κ2) is 11.2. The number of aromatic nitrogens is 1. The lowest BCUT2D eigenvalue weighted by atomic mass is 9.98. The molecule has 5 nitrogen and oxygen atoms in total. The van der Waals surface area contributed by atoms with E-state index >= 15 is 0 Å². The van der Waals surface area contributed by atoms with E-state index in [0.29, 0.717) is 12.6 Å². The Kier molecular flexibility index (Phi) is 9.00. The lowest BCUT2D eigenvalue weighted by molar-refractivity contribution is 0.174. The van der Waals surface area contributed by atoms with E-state index in [1.54, 1.807) is 0 Å². The minimum absolute atomic E-state index is 0. The number of guanidine groups is 1. The molecule has 0 amide bonds. The van der Waals surface area contributed by atoms with Gasteiger partial charge in [-0.1, -0.05) is 37.3 Å². The van der Waals surface area contributed by atoms with Gasteiger partial charge in [0.05, 0.1) is 12.2 Å². The van der Waals surface area contributed by atoms with Crippen LogP contribution in [-0.4, -0.2) is 42.0 Å². The van der Waals surface area contributed by atoms with Gasteiger partial charge in [-0.25, -0.2) is 0 Å². The largest absolute Gasteiger partial charge is 0.355 e. The minimum atomic E-state index is 0. The SMILES string of the molecule is CCC(CNC(=NC)NCc1ccccn1)N1CCc2ccccc2C1.I. The maximum atomic E-state index is 4.34. The Hall–Kier alpha value is -1.67. The Bertz CT molecular complexity index is 720. The molecule has 1 aliphatic heterocycles. The lowest BCUT2D eigenvalue weighted by Gasteiger charge is -2.35. The number of hydrogen-bond acceptors (Lipinski definition) is 3. The summed E-state index contributed by atoms with van der Waals surface area (Å²) in [5.74, 6) is 0.825. The molecule has 0 bridgehead atoms. The number of fused-ring (bicyclic) bond motifs is 1. The molecule has 0 fully saturated rings. The number of benzene rings is 1. The monoisotopic (exact) mass is 479 g/mol. The van der Waals surface area contributed by atoms with Gasteiger partial charge in [0.2, 0.25) is 0 Å². The Morgan fingerprint density at radius 2 is 1.93 bits per heavy atom. The summed E-state index contributed by atoms with van der Waals surface area (Å²) in [7, 11) is 1.81. The highest BCUT2D eigenvalue weighted by Gasteiger charge is 2.22. The molecule has 1 aromatic heterocycles. The third kappa shape index (κ3) is 6.17. The molecule has 1 aliphatic rings.